The molecule has 386 valence electrons. The molecule has 0 saturated carbocycles. The van der Waals surface area contributed by atoms with Gasteiger partial charge >= 0.3 is 24.5 Å². The molecule has 6 rings (SSSR count). The summed E-state index contributed by atoms with van der Waals surface area (Å²) in [6, 6.07) is 13.4. The first-order valence-electron chi connectivity index (χ1n) is 22.4. The van der Waals surface area contributed by atoms with Crippen molar-refractivity contribution in [2.45, 2.75) is 84.9 Å². The van der Waals surface area contributed by atoms with Gasteiger partial charge in [0.15, 0.2) is 0 Å². The molecule has 0 spiro atoms. The number of anilines is 3. The fourth-order valence-corrected chi connectivity index (χ4v) is 7.09. The molecule has 2 amide bonds. The topological polar surface area (TPSA) is 120 Å². The standard InChI is InChI=1S/C18H24F4N2O3.C16H23FN2O3.C13H16F4N2O/c1-17(2,3)27-16(25)24-8-6-23(7-9-24)15-5-4-13(10-14(15)19)11-26-12-18(20,21)22;1-16(2,3)22-15(21)19-8-6-18(7-9-19)14-5-4-12(11-20)10-13(14)17;14-11-7-10(8-20-9-13(15,16)17)1-2-12(11)19-5-3-18-4-6-19/h4-5,10H,6-9,11-12H2,1-3H3;4-5,10,20H,6-9,11H2,1-3H3;1-2,7,18H,3-6,8-9H2. The van der Waals surface area contributed by atoms with E-state index < -0.39 is 54.5 Å². The van der Waals surface area contributed by atoms with Crippen LogP contribution >= 0.6 is 0 Å². The zero-order chi connectivity index (χ0) is 51.2. The van der Waals surface area contributed by atoms with Crippen molar-refractivity contribution in [1.29, 1.82) is 0 Å². The Kier molecular flexibility index (Phi) is 20.5. The Bertz CT molecular complexity index is 2100. The number of aliphatic hydroxyl groups is 1. The largest absolute Gasteiger partial charge is 0.444 e. The van der Waals surface area contributed by atoms with Crippen LogP contribution in [0.15, 0.2) is 54.6 Å². The van der Waals surface area contributed by atoms with Gasteiger partial charge in [0, 0.05) is 78.5 Å². The molecule has 3 heterocycles. The van der Waals surface area contributed by atoms with E-state index in [1.807, 2.05) is 30.6 Å². The van der Waals surface area contributed by atoms with Crippen molar-refractivity contribution in [2.75, 3.05) is 106 Å². The average Bonchev–Trinajstić information content (AvgIpc) is 3.25. The molecular formula is C47H63F9N6O7. The lowest BCUT2D eigenvalue weighted by atomic mass is 10.1. The maximum Gasteiger partial charge on any atom is 0.411 e. The van der Waals surface area contributed by atoms with Crippen LogP contribution in [0.4, 0.5) is 66.2 Å². The molecule has 3 aliphatic heterocycles. The lowest BCUT2D eigenvalue weighted by Crippen LogP contribution is -2.50. The number of benzene rings is 3. The first-order chi connectivity index (χ1) is 32.2. The highest BCUT2D eigenvalue weighted by atomic mass is 19.4. The van der Waals surface area contributed by atoms with Gasteiger partial charge in [-0.25, -0.2) is 22.8 Å². The van der Waals surface area contributed by atoms with E-state index in [2.05, 4.69) is 14.8 Å². The third-order valence-electron chi connectivity index (χ3n) is 10.3. The van der Waals surface area contributed by atoms with E-state index in [1.54, 1.807) is 59.7 Å². The number of nitrogens with one attached hydrogen (secondary N) is 1. The summed E-state index contributed by atoms with van der Waals surface area (Å²) in [5.41, 5.74) is 1.50. The van der Waals surface area contributed by atoms with Gasteiger partial charge in [-0.05, 0) is 94.6 Å². The first kappa shape index (κ1) is 56.4. The number of carbonyl (C=O) groups is 2. The van der Waals surface area contributed by atoms with Crippen LogP contribution in [-0.2, 0) is 38.8 Å². The number of ether oxygens (including phenoxy) is 4. The van der Waals surface area contributed by atoms with E-state index in [1.165, 1.54) is 30.3 Å². The molecule has 3 aromatic carbocycles. The summed E-state index contributed by atoms with van der Waals surface area (Å²) in [6.45, 7) is 14.2. The number of hydrogen-bond acceptors (Lipinski definition) is 11. The van der Waals surface area contributed by atoms with Crippen molar-refractivity contribution < 1.29 is 73.2 Å². The van der Waals surface area contributed by atoms with Gasteiger partial charge in [0.1, 0.15) is 41.9 Å². The minimum atomic E-state index is -4.41. The van der Waals surface area contributed by atoms with Gasteiger partial charge in [-0.1, -0.05) is 18.2 Å². The highest BCUT2D eigenvalue weighted by Crippen LogP contribution is 2.26. The van der Waals surface area contributed by atoms with E-state index in [0.717, 1.165) is 13.1 Å². The number of hydrogen-bond donors (Lipinski definition) is 2. The van der Waals surface area contributed by atoms with Gasteiger partial charge in [0.05, 0.1) is 36.9 Å². The summed E-state index contributed by atoms with van der Waals surface area (Å²) < 4.78 is 134. The predicted molar refractivity (Wildman–Crippen MR) is 242 cm³/mol. The fraction of sp³-hybridized carbons (Fsp3) is 0.574. The molecule has 13 nitrogen and oxygen atoms in total. The first-order valence-corrected chi connectivity index (χ1v) is 22.4. The summed E-state index contributed by atoms with van der Waals surface area (Å²) in [6.07, 6.45) is -9.51. The van der Waals surface area contributed by atoms with Crippen molar-refractivity contribution in [3.05, 3.63) is 88.7 Å². The van der Waals surface area contributed by atoms with Crippen LogP contribution in [0.2, 0.25) is 0 Å². The normalized spacial score (nSPS) is 16.0. The third kappa shape index (κ3) is 20.0. The summed E-state index contributed by atoms with van der Waals surface area (Å²) in [7, 11) is 0. The van der Waals surface area contributed by atoms with Crippen molar-refractivity contribution in [1.82, 2.24) is 15.1 Å². The second-order valence-electron chi connectivity index (χ2n) is 18.4. The SMILES string of the molecule is CC(C)(C)OC(=O)N1CCN(c2ccc(CO)cc2F)CC1.CC(C)(C)OC(=O)N1CCN(c2ccc(COCC(F)(F)F)cc2F)CC1.Fc1cc(COCC(F)(F)F)ccc1N1CCNCC1. The molecule has 3 fully saturated rings. The fourth-order valence-electron chi connectivity index (χ4n) is 7.09. The van der Waals surface area contributed by atoms with Crippen molar-refractivity contribution in [2.24, 2.45) is 0 Å². The Morgan fingerprint density at radius 3 is 1.14 bits per heavy atom. The van der Waals surface area contributed by atoms with E-state index in [4.69, 9.17) is 14.6 Å². The maximum absolute atomic E-state index is 14.3. The molecule has 0 unspecified atom stereocenters. The zero-order valence-electron chi connectivity index (χ0n) is 39.8. The molecular weight excluding hydrogens is 932 g/mol. The Labute approximate surface area is 397 Å². The molecule has 2 N–H and O–H groups in total. The molecule has 0 bridgehead atoms. The number of carbonyl (C=O) groups excluding carboxylic acids is 2. The predicted octanol–water partition coefficient (Wildman–Crippen LogP) is 8.65. The maximum atomic E-state index is 14.3. The van der Waals surface area contributed by atoms with Crippen molar-refractivity contribution in [3.63, 3.8) is 0 Å². The van der Waals surface area contributed by atoms with Crippen LogP contribution < -0.4 is 20.0 Å². The highest BCUT2D eigenvalue weighted by molar-refractivity contribution is 5.69. The van der Waals surface area contributed by atoms with Crippen LogP contribution in [0.5, 0.6) is 0 Å². The minimum Gasteiger partial charge on any atom is -0.444 e. The molecule has 0 atom stereocenters. The van der Waals surface area contributed by atoms with Crippen molar-refractivity contribution in [3.8, 4) is 0 Å². The Balaban J connectivity index is 0.000000228. The monoisotopic (exact) mass is 994 g/mol. The molecule has 22 heteroatoms. The summed E-state index contributed by atoms with van der Waals surface area (Å²) in [5.74, 6) is -1.31. The van der Waals surface area contributed by atoms with E-state index in [0.29, 0.717) is 99.2 Å². The summed E-state index contributed by atoms with van der Waals surface area (Å²) in [5, 5.41) is 12.2. The summed E-state index contributed by atoms with van der Waals surface area (Å²) >= 11 is 0. The second-order valence-corrected chi connectivity index (χ2v) is 18.4. The molecule has 3 saturated heterocycles. The number of alkyl halides is 6. The Morgan fingerprint density at radius 1 is 0.522 bits per heavy atom. The van der Waals surface area contributed by atoms with Gasteiger partial charge in [-0.3, -0.25) is 0 Å². The molecule has 0 radical (unpaired) electrons. The second kappa shape index (κ2) is 25.1. The minimum absolute atomic E-state index is 0.177. The Morgan fingerprint density at radius 2 is 0.841 bits per heavy atom. The van der Waals surface area contributed by atoms with Gasteiger partial charge in [-0.2, -0.15) is 26.3 Å². The number of piperazine rings is 3. The number of halogens is 9. The molecule has 3 aromatic rings. The Hall–Kier alpha value is -5.19. The quantitative estimate of drug-likeness (QED) is 0.190. The highest BCUT2D eigenvalue weighted by Gasteiger charge is 2.30. The van der Waals surface area contributed by atoms with Crippen LogP contribution in [0, 0.1) is 17.5 Å². The zero-order valence-corrected chi connectivity index (χ0v) is 39.8. The van der Waals surface area contributed by atoms with Gasteiger partial charge < -0.3 is 53.9 Å². The smallest absolute Gasteiger partial charge is 0.411 e. The molecule has 0 aromatic heterocycles. The average molecular weight is 995 g/mol. The number of nitrogens with zero attached hydrogens (tertiary/aromatic N) is 5. The van der Waals surface area contributed by atoms with Gasteiger partial charge in [0.25, 0.3) is 0 Å². The number of amides is 2. The van der Waals surface area contributed by atoms with Crippen LogP contribution in [-0.4, -0.2) is 142 Å². The third-order valence-corrected chi connectivity index (χ3v) is 10.3. The van der Waals surface area contributed by atoms with E-state index in [-0.39, 0.29) is 31.7 Å². The molecule has 69 heavy (non-hydrogen) atoms. The van der Waals surface area contributed by atoms with Crippen molar-refractivity contribution >= 4 is 29.2 Å². The van der Waals surface area contributed by atoms with E-state index >= 15 is 0 Å². The number of rotatable bonds is 10. The molecule has 0 aliphatic carbocycles. The van der Waals surface area contributed by atoms with Gasteiger partial charge in [0.2, 0.25) is 0 Å². The van der Waals surface area contributed by atoms with Crippen LogP contribution in [0.1, 0.15) is 58.2 Å². The lowest BCUT2D eigenvalue weighted by molar-refractivity contribution is -0.177. The van der Waals surface area contributed by atoms with Gasteiger partial charge in [-0.15, -0.1) is 0 Å². The van der Waals surface area contributed by atoms with E-state index in [9.17, 15) is 49.1 Å². The summed E-state index contributed by atoms with van der Waals surface area (Å²) in [4.78, 5) is 32.9. The lowest BCUT2D eigenvalue weighted by Gasteiger charge is -2.36. The van der Waals surface area contributed by atoms with Crippen LogP contribution in [0.25, 0.3) is 0 Å². The molecule has 3 aliphatic rings. The van der Waals surface area contributed by atoms with Crippen LogP contribution in [0.3, 0.4) is 0 Å². The number of aliphatic hydroxyl groups excluding tert-OH is 1.